The number of hydrogen-bond acceptors (Lipinski definition) is 2. The van der Waals surface area contributed by atoms with Crippen LogP contribution in [0.3, 0.4) is 0 Å². The minimum Gasteiger partial charge on any atom is -0.313 e. The smallest absolute Gasteiger partial charge is 0.0113 e. The Morgan fingerprint density at radius 2 is 2.40 bits per heavy atom. The number of rotatable bonds is 6. The van der Waals surface area contributed by atoms with Crippen molar-refractivity contribution in [1.82, 2.24) is 5.32 Å². The van der Waals surface area contributed by atoms with Crippen LogP contribution in [0.25, 0.3) is 0 Å². The standard InChI is InChI=1S/C13H21NS/c1-3-12(8-13-5-4-6-15-13)14-9-11-7-10(11)2/h4-6,10-12,14H,3,7-9H2,1-2H3. The largest absolute Gasteiger partial charge is 0.313 e. The third kappa shape index (κ3) is 3.32. The van der Waals surface area contributed by atoms with Crippen LogP contribution >= 0.6 is 11.3 Å². The lowest BCUT2D eigenvalue weighted by atomic mass is 10.1. The van der Waals surface area contributed by atoms with Gasteiger partial charge in [0.15, 0.2) is 0 Å². The van der Waals surface area contributed by atoms with Crippen LogP contribution in [0, 0.1) is 11.8 Å². The van der Waals surface area contributed by atoms with Gasteiger partial charge in [-0.15, -0.1) is 11.3 Å². The molecule has 2 heteroatoms. The third-order valence-electron chi connectivity index (χ3n) is 3.47. The van der Waals surface area contributed by atoms with Gasteiger partial charge in [0.2, 0.25) is 0 Å². The predicted molar refractivity (Wildman–Crippen MR) is 67.4 cm³/mol. The van der Waals surface area contributed by atoms with Crippen LogP contribution in [-0.2, 0) is 6.42 Å². The summed E-state index contributed by atoms with van der Waals surface area (Å²) in [4.78, 5) is 1.51. The van der Waals surface area contributed by atoms with Gasteiger partial charge in [-0.05, 0) is 49.1 Å². The van der Waals surface area contributed by atoms with E-state index in [-0.39, 0.29) is 0 Å². The average Bonchev–Trinajstić information content (AvgIpc) is 2.75. The minimum absolute atomic E-state index is 0.677. The first kappa shape index (κ1) is 11.2. The minimum atomic E-state index is 0.677. The van der Waals surface area contributed by atoms with Gasteiger partial charge in [0.05, 0.1) is 0 Å². The molecule has 0 bridgehead atoms. The summed E-state index contributed by atoms with van der Waals surface area (Å²) in [6.45, 7) is 5.86. The van der Waals surface area contributed by atoms with Crippen LogP contribution in [0.5, 0.6) is 0 Å². The Labute approximate surface area is 96.9 Å². The van der Waals surface area contributed by atoms with E-state index in [1.165, 1.54) is 30.7 Å². The predicted octanol–water partition coefficient (Wildman–Crippen LogP) is 3.31. The molecular formula is C13H21NS. The normalized spacial score (nSPS) is 26.5. The summed E-state index contributed by atoms with van der Waals surface area (Å²) in [5.74, 6) is 1.93. The van der Waals surface area contributed by atoms with Crippen molar-refractivity contribution < 1.29 is 0 Å². The van der Waals surface area contributed by atoms with E-state index in [0.29, 0.717) is 6.04 Å². The van der Waals surface area contributed by atoms with E-state index in [1.807, 2.05) is 11.3 Å². The molecule has 0 amide bonds. The zero-order valence-corrected chi connectivity index (χ0v) is 10.5. The van der Waals surface area contributed by atoms with Gasteiger partial charge < -0.3 is 5.32 Å². The summed E-state index contributed by atoms with van der Waals surface area (Å²) in [5, 5.41) is 5.88. The maximum atomic E-state index is 3.71. The molecular weight excluding hydrogens is 202 g/mol. The topological polar surface area (TPSA) is 12.0 Å². The van der Waals surface area contributed by atoms with Crippen molar-refractivity contribution in [2.45, 2.75) is 39.2 Å². The molecule has 1 N–H and O–H groups in total. The molecule has 1 fully saturated rings. The Kier molecular flexibility index (Phi) is 3.81. The molecule has 0 radical (unpaired) electrons. The first-order valence-corrected chi connectivity index (χ1v) is 6.93. The van der Waals surface area contributed by atoms with Gasteiger partial charge in [-0.2, -0.15) is 0 Å². The van der Waals surface area contributed by atoms with Crippen LogP contribution in [0.15, 0.2) is 17.5 Å². The quantitative estimate of drug-likeness (QED) is 0.780. The fourth-order valence-electron chi connectivity index (χ4n) is 2.03. The summed E-state index contributed by atoms with van der Waals surface area (Å²) in [5.41, 5.74) is 0. The van der Waals surface area contributed by atoms with Crippen molar-refractivity contribution >= 4 is 11.3 Å². The molecule has 0 aliphatic heterocycles. The molecule has 0 saturated heterocycles. The van der Waals surface area contributed by atoms with Crippen molar-refractivity contribution in [1.29, 1.82) is 0 Å². The van der Waals surface area contributed by atoms with E-state index >= 15 is 0 Å². The van der Waals surface area contributed by atoms with Crippen molar-refractivity contribution in [2.24, 2.45) is 11.8 Å². The van der Waals surface area contributed by atoms with Crippen LogP contribution in [0.2, 0.25) is 0 Å². The van der Waals surface area contributed by atoms with Gasteiger partial charge >= 0.3 is 0 Å². The third-order valence-corrected chi connectivity index (χ3v) is 4.36. The van der Waals surface area contributed by atoms with Crippen molar-refractivity contribution in [2.75, 3.05) is 6.54 Å². The van der Waals surface area contributed by atoms with E-state index in [9.17, 15) is 0 Å². The molecule has 1 aliphatic rings. The number of nitrogens with one attached hydrogen (secondary N) is 1. The maximum Gasteiger partial charge on any atom is 0.0113 e. The molecule has 1 heterocycles. The molecule has 15 heavy (non-hydrogen) atoms. The van der Waals surface area contributed by atoms with Gasteiger partial charge in [-0.25, -0.2) is 0 Å². The maximum absolute atomic E-state index is 3.71. The molecule has 1 nitrogen and oxygen atoms in total. The second-order valence-corrected chi connectivity index (χ2v) is 5.80. The molecule has 84 valence electrons. The van der Waals surface area contributed by atoms with Gasteiger partial charge in [-0.1, -0.05) is 19.9 Å². The summed E-state index contributed by atoms with van der Waals surface area (Å²) < 4.78 is 0. The summed E-state index contributed by atoms with van der Waals surface area (Å²) in [6, 6.07) is 5.07. The summed E-state index contributed by atoms with van der Waals surface area (Å²) >= 11 is 1.88. The Hall–Kier alpha value is -0.340. The molecule has 1 saturated carbocycles. The number of hydrogen-bond donors (Lipinski definition) is 1. The van der Waals surface area contributed by atoms with Gasteiger partial charge in [-0.3, -0.25) is 0 Å². The lowest BCUT2D eigenvalue weighted by Gasteiger charge is -2.15. The second kappa shape index (κ2) is 5.13. The van der Waals surface area contributed by atoms with Crippen LogP contribution in [0.4, 0.5) is 0 Å². The van der Waals surface area contributed by atoms with E-state index in [1.54, 1.807) is 0 Å². The van der Waals surface area contributed by atoms with Gasteiger partial charge in [0.25, 0.3) is 0 Å². The fourth-order valence-corrected chi connectivity index (χ4v) is 2.82. The molecule has 1 aliphatic carbocycles. The molecule has 1 aromatic rings. The molecule has 2 rings (SSSR count). The summed E-state index contributed by atoms with van der Waals surface area (Å²) in [6.07, 6.45) is 3.87. The molecule has 1 aromatic heterocycles. The lowest BCUT2D eigenvalue weighted by Crippen LogP contribution is -2.32. The Balaban J connectivity index is 1.72. The van der Waals surface area contributed by atoms with Crippen molar-refractivity contribution in [3.05, 3.63) is 22.4 Å². The van der Waals surface area contributed by atoms with Crippen LogP contribution in [0.1, 0.15) is 31.6 Å². The van der Waals surface area contributed by atoms with Gasteiger partial charge in [0.1, 0.15) is 0 Å². The zero-order valence-electron chi connectivity index (χ0n) is 9.70. The lowest BCUT2D eigenvalue weighted by molar-refractivity contribution is 0.476. The van der Waals surface area contributed by atoms with Crippen molar-refractivity contribution in [3.63, 3.8) is 0 Å². The van der Waals surface area contributed by atoms with E-state index in [0.717, 1.165) is 11.8 Å². The Morgan fingerprint density at radius 1 is 1.60 bits per heavy atom. The van der Waals surface area contributed by atoms with E-state index < -0.39 is 0 Å². The first-order valence-electron chi connectivity index (χ1n) is 6.05. The highest BCUT2D eigenvalue weighted by Gasteiger charge is 2.32. The molecule has 0 aromatic carbocycles. The molecule has 0 spiro atoms. The van der Waals surface area contributed by atoms with E-state index in [2.05, 4.69) is 36.7 Å². The highest BCUT2D eigenvalue weighted by Crippen LogP contribution is 2.36. The Morgan fingerprint density at radius 3 is 2.93 bits per heavy atom. The zero-order chi connectivity index (χ0) is 10.7. The highest BCUT2D eigenvalue weighted by molar-refractivity contribution is 7.09. The average molecular weight is 223 g/mol. The van der Waals surface area contributed by atoms with Crippen molar-refractivity contribution in [3.8, 4) is 0 Å². The fraction of sp³-hybridized carbons (Fsp3) is 0.692. The highest BCUT2D eigenvalue weighted by atomic mass is 32.1. The molecule has 3 atom stereocenters. The van der Waals surface area contributed by atoms with Crippen LogP contribution < -0.4 is 5.32 Å². The van der Waals surface area contributed by atoms with Crippen LogP contribution in [-0.4, -0.2) is 12.6 Å². The Bertz CT molecular complexity index is 281. The SMILES string of the molecule is CCC(Cc1cccs1)NCC1CC1C. The summed E-state index contributed by atoms with van der Waals surface area (Å²) in [7, 11) is 0. The molecule has 3 unspecified atom stereocenters. The first-order chi connectivity index (χ1) is 7.29. The second-order valence-electron chi connectivity index (χ2n) is 4.77. The van der Waals surface area contributed by atoms with E-state index in [4.69, 9.17) is 0 Å². The van der Waals surface area contributed by atoms with Gasteiger partial charge in [0, 0.05) is 10.9 Å². The number of thiophene rings is 1. The monoisotopic (exact) mass is 223 g/mol.